The summed E-state index contributed by atoms with van der Waals surface area (Å²) in [7, 11) is 1.70. The van der Waals surface area contributed by atoms with Crippen molar-refractivity contribution in [3.8, 4) is 0 Å². The molecule has 0 aromatic heterocycles. The van der Waals surface area contributed by atoms with E-state index in [1.165, 1.54) is 0 Å². The number of likely N-dealkylation sites (N-methyl/N-ethyl adjacent to an activating group) is 1. The molecular weight excluding hydrogens is 254 g/mol. The van der Waals surface area contributed by atoms with Gasteiger partial charge in [0.1, 0.15) is 5.84 Å². The molecule has 0 amide bonds. The van der Waals surface area contributed by atoms with Gasteiger partial charge in [0.25, 0.3) is 0 Å². The van der Waals surface area contributed by atoms with Gasteiger partial charge in [-0.15, -0.1) is 0 Å². The molecule has 2 unspecified atom stereocenters. The molecule has 20 heavy (non-hydrogen) atoms. The molecule has 0 bridgehead atoms. The van der Waals surface area contributed by atoms with Crippen LogP contribution in [0.5, 0.6) is 0 Å². The molecule has 5 heteroatoms. The molecule has 1 aromatic rings. The van der Waals surface area contributed by atoms with Crippen molar-refractivity contribution in [1.82, 2.24) is 4.90 Å². The fourth-order valence-corrected chi connectivity index (χ4v) is 2.33. The van der Waals surface area contributed by atoms with Crippen LogP contribution in [-0.4, -0.2) is 48.8 Å². The first-order valence-corrected chi connectivity index (χ1v) is 6.89. The molecule has 0 spiro atoms. The maximum absolute atomic E-state index is 9.01. The van der Waals surface area contributed by atoms with Crippen molar-refractivity contribution in [1.29, 1.82) is 0 Å². The molecule has 2 atom stereocenters. The average molecular weight is 279 g/mol. The minimum absolute atomic E-state index is 0.125. The quantitative estimate of drug-likeness (QED) is 0.330. The first-order valence-electron chi connectivity index (χ1n) is 6.89. The van der Waals surface area contributed by atoms with Gasteiger partial charge >= 0.3 is 0 Å². The third kappa shape index (κ3) is 4.51. The zero-order valence-corrected chi connectivity index (χ0v) is 12.5. The van der Waals surface area contributed by atoms with Gasteiger partial charge in [0.15, 0.2) is 0 Å². The number of hydrogen-bond acceptors (Lipinski definition) is 4. The van der Waals surface area contributed by atoms with E-state index in [1.54, 1.807) is 7.11 Å². The van der Waals surface area contributed by atoms with Gasteiger partial charge in [-0.2, -0.15) is 0 Å². The monoisotopic (exact) mass is 279 g/mol. The van der Waals surface area contributed by atoms with Gasteiger partial charge in [-0.3, -0.25) is 4.90 Å². The van der Waals surface area contributed by atoms with Gasteiger partial charge in [-0.05, 0) is 19.0 Å². The van der Waals surface area contributed by atoms with Gasteiger partial charge in [0.2, 0.25) is 0 Å². The van der Waals surface area contributed by atoms with E-state index in [-0.39, 0.29) is 17.8 Å². The van der Waals surface area contributed by atoms with Crippen molar-refractivity contribution in [3.05, 3.63) is 35.9 Å². The molecule has 0 aliphatic carbocycles. The van der Waals surface area contributed by atoms with E-state index >= 15 is 0 Å². The van der Waals surface area contributed by atoms with Gasteiger partial charge < -0.3 is 15.7 Å². The number of nitrogens with zero attached hydrogens (tertiary/aromatic N) is 2. The molecule has 3 N–H and O–H groups in total. The molecule has 0 saturated heterocycles. The second kappa shape index (κ2) is 8.55. The zero-order valence-electron chi connectivity index (χ0n) is 12.5. The number of benzene rings is 1. The largest absolute Gasteiger partial charge is 0.409 e. The maximum atomic E-state index is 9.01. The van der Waals surface area contributed by atoms with Crippen LogP contribution < -0.4 is 5.73 Å². The van der Waals surface area contributed by atoms with E-state index in [4.69, 9.17) is 15.7 Å². The lowest BCUT2D eigenvalue weighted by atomic mass is 9.97. The second-order valence-electron chi connectivity index (χ2n) is 4.88. The van der Waals surface area contributed by atoms with Crippen molar-refractivity contribution < 1.29 is 9.94 Å². The van der Waals surface area contributed by atoms with Crippen LogP contribution in [0.25, 0.3) is 0 Å². The Morgan fingerprint density at radius 3 is 2.55 bits per heavy atom. The summed E-state index contributed by atoms with van der Waals surface area (Å²) in [6.07, 6.45) is 0. The molecule has 0 radical (unpaired) electrons. The van der Waals surface area contributed by atoms with Crippen molar-refractivity contribution in [2.45, 2.75) is 25.8 Å². The lowest BCUT2D eigenvalue weighted by Gasteiger charge is -2.31. The first kappa shape index (κ1) is 16.5. The lowest BCUT2D eigenvalue weighted by Crippen LogP contribution is -2.41. The molecule has 0 saturated carbocycles. The molecule has 112 valence electrons. The van der Waals surface area contributed by atoms with Gasteiger partial charge in [0.05, 0.1) is 12.5 Å². The Hall–Kier alpha value is -1.59. The number of rotatable bonds is 8. The summed E-state index contributed by atoms with van der Waals surface area (Å²) in [5.41, 5.74) is 6.92. The highest BCUT2D eigenvalue weighted by atomic mass is 16.5. The molecule has 1 aromatic carbocycles. The smallest absolute Gasteiger partial charge is 0.147 e. The summed E-state index contributed by atoms with van der Waals surface area (Å²) in [6.45, 7) is 6.45. The number of amidine groups is 1. The summed E-state index contributed by atoms with van der Waals surface area (Å²) < 4.78 is 5.21. The number of hydrogen-bond donors (Lipinski definition) is 2. The first-order chi connectivity index (χ1) is 9.63. The van der Waals surface area contributed by atoms with Gasteiger partial charge in [0, 0.05) is 19.7 Å². The summed E-state index contributed by atoms with van der Waals surface area (Å²) >= 11 is 0. The predicted molar refractivity (Wildman–Crippen MR) is 81.2 cm³/mol. The van der Waals surface area contributed by atoms with Crippen molar-refractivity contribution in [3.63, 3.8) is 0 Å². The summed E-state index contributed by atoms with van der Waals surface area (Å²) in [5.74, 6) is 0.111. The number of methoxy groups -OCH3 is 1. The number of nitrogens with two attached hydrogens (primary N) is 1. The molecule has 0 fully saturated rings. The fraction of sp³-hybridized carbons (Fsp3) is 0.533. The van der Waals surface area contributed by atoms with Crippen LogP contribution in [-0.2, 0) is 4.74 Å². The normalized spacial score (nSPS) is 15.3. The average Bonchev–Trinajstić information content (AvgIpc) is 2.48. The SMILES string of the molecule is CCN(CC(C(N)=NO)c1ccccc1)C(C)COC. The Balaban J connectivity index is 2.90. The Morgan fingerprint density at radius 2 is 2.05 bits per heavy atom. The topological polar surface area (TPSA) is 71.1 Å². The van der Waals surface area contributed by atoms with Crippen LogP contribution in [0, 0.1) is 0 Å². The van der Waals surface area contributed by atoms with Crippen LogP contribution >= 0.6 is 0 Å². The van der Waals surface area contributed by atoms with Crippen LogP contribution in [0.15, 0.2) is 35.5 Å². The Labute approximate surface area is 121 Å². The van der Waals surface area contributed by atoms with Gasteiger partial charge in [-0.25, -0.2) is 0 Å². The Morgan fingerprint density at radius 1 is 1.40 bits per heavy atom. The highest BCUT2D eigenvalue weighted by Crippen LogP contribution is 2.18. The molecule has 0 aliphatic heterocycles. The van der Waals surface area contributed by atoms with Crippen molar-refractivity contribution in [2.75, 3.05) is 26.8 Å². The third-order valence-electron chi connectivity index (χ3n) is 3.53. The van der Waals surface area contributed by atoms with Crippen molar-refractivity contribution >= 4 is 5.84 Å². The van der Waals surface area contributed by atoms with E-state index < -0.39 is 0 Å². The van der Waals surface area contributed by atoms with E-state index in [2.05, 4.69) is 23.9 Å². The standard InChI is InChI=1S/C15H25N3O2/c1-4-18(12(2)11-20-3)10-14(15(16)17-19)13-8-6-5-7-9-13/h5-9,12,14,19H,4,10-11H2,1-3H3,(H2,16,17). The fourth-order valence-electron chi connectivity index (χ4n) is 2.33. The number of ether oxygens (including phenoxy) is 1. The lowest BCUT2D eigenvalue weighted by molar-refractivity contribution is 0.102. The predicted octanol–water partition coefficient (Wildman–Crippen LogP) is 1.87. The minimum Gasteiger partial charge on any atom is -0.409 e. The van der Waals surface area contributed by atoms with E-state index in [9.17, 15) is 0 Å². The molecule has 0 aliphatic rings. The highest BCUT2D eigenvalue weighted by Gasteiger charge is 2.22. The van der Waals surface area contributed by atoms with Crippen LogP contribution in [0.3, 0.4) is 0 Å². The van der Waals surface area contributed by atoms with Gasteiger partial charge in [-0.1, -0.05) is 42.4 Å². The third-order valence-corrected chi connectivity index (χ3v) is 3.53. The second-order valence-corrected chi connectivity index (χ2v) is 4.88. The summed E-state index contributed by atoms with van der Waals surface area (Å²) in [6, 6.07) is 10.2. The molecule has 0 heterocycles. The minimum atomic E-state index is -0.125. The summed E-state index contributed by atoms with van der Waals surface area (Å²) in [5, 5.41) is 12.2. The van der Waals surface area contributed by atoms with Crippen LogP contribution in [0.1, 0.15) is 25.3 Å². The molecule has 5 nitrogen and oxygen atoms in total. The Bertz CT molecular complexity index is 409. The Kier molecular flexibility index (Phi) is 7.04. The van der Waals surface area contributed by atoms with E-state index in [0.29, 0.717) is 13.2 Å². The van der Waals surface area contributed by atoms with Crippen LogP contribution in [0.4, 0.5) is 0 Å². The zero-order chi connectivity index (χ0) is 15.0. The van der Waals surface area contributed by atoms with E-state index in [1.807, 2.05) is 30.3 Å². The van der Waals surface area contributed by atoms with Crippen LogP contribution in [0.2, 0.25) is 0 Å². The molecule has 1 rings (SSSR count). The summed E-state index contributed by atoms with van der Waals surface area (Å²) in [4.78, 5) is 2.26. The number of oxime groups is 1. The van der Waals surface area contributed by atoms with E-state index in [0.717, 1.165) is 12.1 Å². The highest BCUT2D eigenvalue weighted by molar-refractivity contribution is 5.87. The maximum Gasteiger partial charge on any atom is 0.147 e. The van der Waals surface area contributed by atoms with Crippen molar-refractivity contribution in [2.24, 2.45) is 10.9 Å². The molecular formula is C15H25N3O2.